The molecule has 4 heterocycles. The van der Waals surface area contributed by atoms with Gasteiger partial charge in [-0.2, -0.15) is 5.10 Å². The minimum absolute atomic E-state index is 0.0598. The first-order valence-corrected chi connectivity index (χ1v) is 11.5. The molecule has 3 aliphatic rings. The summed E-state index contributed by atoms with van der Waals surface area (Å²) in [5.41, 5.74) is 2.36. The third-order valence-electron chi connectivity index (χ3n) is 6.82. The summed E-state index contributed by atoms with van der Waals surface area (Å²) in [6.45, 7) is 4.96. The number of aromatic nitrogens is 4. The van der Waals surface area contributed by atoms with Gasteiger partial charge in [-0.25, -0.2) is 4.68 Å². The van der Waals surface area contributed by atoms with E-state index in [4.69, 9.17) is 9.15 Å². The maximum Gasteiger partial charge on any atom is 0.267 e. The van der Waals surface area contributed by atoms with E-state index in [0.29, 0.717) is 24.3 Å². The quantitative estimate of drug-likeness (QED) is 0.743. The van der Waals surface area contributed by atoms with Crippen LogP contribution in [-0.4, -0.2) is 51.2 Å². The average Bonchev–Trinajstić information content (AvgIpc) is 3.25. The van der Waals surface area contributed by atoms with E-state index >= 15 is 0 Å². The van der Waals surface area contributed by atoms with Crippen LogP contribution < -0.4 is 5.56 Å². The third-order valence-corrected chi connectivity index (χ3v) is 6.82. The first kappa shape index (κ1) is 19.9. The van der Waals surface area contributed by atoms with Crippen molar-refractivity contribution in [3.05, 3.63) is 39.5 Å². The van der Waals surface area contributed by atoms with E-state index in [0.717, 1.165) is 88.5 Å². The summed E-state index contributed by atoms with van der Waals surface area (Å²) in [6, 6.07) is 1.82. The lowest BCUT2D eigenvalue weighted by atomic mass is 9.96. The van der Waals surface area contributed by atoms with Gasteiger partial charge in [0.05, 0.1) is 12.2 Å². The van der Waals surface area contributed by atoms with Gasteiger partial charge in [-0.15, -0.1) is 10.2 Å². The van der Waals surface area contributed by atoms with Crippen LogP contribution in [0, 0.1) is 5.92 Å². The summed E-state index contributed by atoms with van der Waals surface area (Å²) in [7, 11) is 0. The molecule has 0 saturated carbocycles. The van der Waals surface area contributed by atoms with Crippen molar-refractivity contribution in [1.82, 2.24) is 24.9 Å². The van der Waals surface area contributed by atoms with Crippen LogP contribution in [0.4, 0.5) is 0 Å². The summed E-state index contributed by atoms with van der Waals surface area (Å²) in [6.07, 6.45) is 8.41. The normalized spacial score (nSPS) is 21.6. The van der Waals surface area contributed by atoms with Gasteiger partial charge in [0.1, 0.15) is 0 Å². The van der Waals surface area contributed by atoms with Crippen LogP contribution in [0.25, 0.3) is 0 Å². The number of likely N-dealkylation sites (tertiary alicyclic amines) is 1. The van der Waals surface area contributed by atoms with E-state index in [9.17, 15) is 4.79 Å². The topological polar surface area (TPSA) is 86.3 Å². The Bertz CT molecular complexity index is 910. The zero-order chi connectivity index (χ0) is 20.3. The largest absolute Gasteiger partial charge is 0.424 e. The van der Waals surface area contributed by atoms with Crippen molar-refractivity contribution >= 4 is 0 Å². The molecule has 8 heteroatoms. The molecule has 5 rings (SSSR count). The molecule has 2 saturated heterocycles. The Morgan fingerprint density at radius 3 is 2.67 bits per heavy atom. The second kappa shape index (κ2) is 8.98. The maximum absolute atomic E-state index is 12.5. The van der Waals surface area contributed by atoms with Crippen molar-refractivity contribution in [3.63, 3.8) is 0 Å². The fraction of sp³-hybridized carbons (Fsp3) is 0.727. The van der Waals surface area contributed by atoms with Crippen LogP contribution in [0.15, 0.2) is 15.3 Å². The Morgan fingerprint density at radius 1 is 1.03 bits per heavy atom. The Hall–Kier alpha value is -2.06. The lowest BCUT2D eigenvalue weighted by molar-refractivity contribution is 0.0785. The summed E-state index contributed by atoms with van der Waals surface area (Å²) < 4.78 is 13.1. The Labute approximate surface area is 176 Å². The fourth-order valence-corrected chi connectivity index (χ4v) is 4.93. The van der Waals surface area contributed by atoms with Crippen molar-refractivity contribution < 1.29 is 9.15 Å². The van der Waals surface area contributed by atoms with Gasteiger partial charge in [0.2, 0.25) is 11.8 Å². The highest BCUT2D eigenvalue weighted by Gasteiger charge is 2.25. The summed E-state index contributed by atoms with van der Waals surface area (Å²) >= 11 is 0. The number of hydrogen-bond donors (Lipinski definition) is 0. The van der Waals surface area contributed by atoms with Crippen LogP contribution in [0.2, 0.25) is 0 Å². The second-order valence-corrected chi connectivity index (χ2v) is 8.98. The monoisotopic (exact) mass is 413 g/mol. The van der Waals surface area contributed by atoms with Gasteiger partial charge in [-0.3, -0.25) is 9.69 Å². The first-order valence-electron chi connectivity index (χ1n) is 11.5. The maximum atomic E-state index is 12.5. The van der Waals surface area contributed by atoms with Gasteiger partial charge in [-0.05, 0) is 75.9 Å². The Balaban J connectivity index is 1.14. The van der Waals surface area contributed by atoms with Crippen molar-refractivity contribution in [2.24, 2.45) is 5.92 Å². The molecule has 2 aliphatic heterocycles. The number of ether oxygens (including phenoxy) is 1. The molecule has 0 N–H and O–H groups in total. The van der Waals surface area contributed by atoms with Crippen molar-refractivity contribution in [1.29, 1.82) is 0 Å². The second-order valence-electron chi connectivity index (χ2n) is 8.98. The van der Waals surface area contributed by atoms with E-state index in [1.54, 1.807) is 4.68 Å². The van der Waals surface area contributed by atoms with Crippen LogP contribution in [-0.2, 0) is 30.7 Å². The van der Waals surface area contributed by atoms with Crippen LogP contribution in [0.3, 0.4) is 0 Å². The molecule has 1 aliphatic carbocycles. The van der Waals surface area contributed by atoms with E-state index in [1.165, 1.54) is 12.8 Å². The smallest absolute Gasteiger partial charge is 0.267 e. The average molecular weight is 414 g/mol. The van der Waals surface area contributed by atoms with Crippen LogP contribution in [0.1, 0.15) is 67.5 Å². The molecule has 30 heavy (non-hydrogen) atoms. The zero-order valence-corrected chi connectivity index (χ0v) is 17.6. The Morgan fingerprint density at radius 2 is 1.83 bits per heavy atom. The molecule has 0 unspecified atom stereocenters. The molecule has 162 valence electrons. The van der Waals surface area contributed by atoms with E-state index in [1.807, 2.05) is 6.07 Å². The minimum Gasteiger partial charge on any atom is -0.424 e. The number of rotatable bonds is 5. The SMILES string of the molecule is O=c1cc2c(nn1CC1CCN(Cc3nnc(C4CCOCC4)o3)CC1)CCCC2. The molecule has 0 amide bonds. The number of piperidine rings is 1. The minimum atomic E-state index is 0.0598. The molecule has 2 aromatic heterocycles. The molecule has 0 aromatic carbocycles. The highest BCUT2D eigenvalue weighted by atomic mass is 16.5. The standard InChI is InChI=1S/C22H31N5O3/c28-21-13-18-3-1-2-4-19(18)25-27(21)14-16-5-9-26(10-6-16)15-20-23-24-22(30-20)17-7-11-29-12-8-17/h13,16-17H,1-12,14-15H2. The molecule has 2 aromatic rings. The van der Waals surface area contributed by atoms with E-state index < -0.39 is 0 Å². The van der Waals surface area contributed by atoms with Gasteiger partial charge in [-0.1, -0.05) is 0 Å². The molecule has 8 nitrogen and oxygen atoms in total. The zero-order valence-electron chi connectivity index (χ0n) is 17.6. The molecular weight excluding hydrogens is 382 g/mol. The molecular formula is C22H31N5O3. The third kappa shape index (κ3) is 4.49. The number of hydrogen-bond acceptors (Lipinski definition) is 7. The Kier molecular flexibility index (Phi) is 5.95. The van der Waals surface area contributed by atoms with Gasteiger partial charge in [0.25, 0.3) is 5.56 Å². The first-order chi connectivity index (χ1) is 14.7. The number of aryl methyl sites for hydroxylation is 2. The number of nitrogens with zero attached hydrogens (tertiary/aromatic N) is 5. The molecule has 0 spiro atoms. The van der Waals surface area contributed by atoms with Crippen molar-refractivity contribution in [2.75, 3.05) is 26.3 Å². The summed E-state index contributed by atoms with van der Waals surface area (Å²) in [4.78, 5) is 14.8. The summed E-state index contributed by atoms with van der Waals surface area (Å²) in [5, 5.41) is 13.2. The van der Waals surface area contributed by atoms with E-state index in [-0.39, 0.29) is 5.56 Å². The molecule has 2 fully saturated rings. The van der Waals surface area contributed by atoms with Crippen LogP contribution in [0.5, 0.6) is 0 Å². The van der Waals surface area contributed by atoms with Gasteiger partial charge < -0.3 is 9.15 Å². The molecule has 0 bridgehead atoms. The van der Waals surface area contributed by atoms with Gasteiger partial charge >= 0.3 is 0 Å². The highest BCUT2D eigenvalue weighted by molar-refractivity contribution is 5.20. The fourth-order valence-electron chi connectivity index (χ4n) is 4.93. The van der Waals surface area contributed by atoms with E-state index in [2.05, 4.69) is 20.2 Å². The highest BCUT2D eigenvalue weighted by Crippen LogP contribution is 2.26. The van der Waals surface area contributed by atoms with Gasteiger partial charge in [0.15, 0.2) is 0 Å². The van der Waals surface area contributed by atoms with Gasteiger partial charge in [0, 0.05) is 31.7 Å². The number of fused-ring (bicyclic) bond motifs is 1. The molecule has 0 radical (unpaired) electrons. The van der Waals surface area contributed by atoms with Crippen molar-refractivity contribution in [2.45, 2.75) is 70.4 Å². The lowest BCUT2D eigenvalue weighted by Gasteiger charge is -2.31. The van der Waals surface area contributed by atoms with Crippen molar-refractivity contribution in [3.8, 4) is 0 Å². The lowest BCUT2D eigenvalue weighted by Crippen LogP contribution is -2.37. The predicted molar refractivity (Wildman–Crippen MR) is 110 cm³/mol. The summed E-state index contributed by atoms with van der Waals surface area (Å²) in [5.74, 6) is 2.31. The predicted octanol–water partition coefficient (Wildman–Crippen LogP) is 2.31. The molecule has 0 atom stereocenters. The van der Waals surface area contributed by atoms with Crippen LogP contribution >= 0.6 is 0 Å².